The number of hydrogen-bond donors (Lipinski definition) is 1. The van der Waals surface area contributed by atoms with E-state index in [1.807, 2.05) is 12.3 Å². The van der Waals surface area contributed by atoms with Crippen molar-refractivity contribution in [3.05, 3.63) is 76.7 Å². The lowest BCUT2D eigenvalue weighted by atomic mass is 9.75. The first-order valence-electron chi connectivity index (χ1n) is 10.1. The summed E-state index contributed by atoms with van der Waals surface area (Å²) in [5.74, 6) is 0.175. The van der Waals surface area contributed by atoms with Crippen LogP contribution in [0.2, 0.25) is 5.02 Å². The van der Waals surface area contributed by atoms with Crippen molar-refractivity contribution >= 4 is 28.4 Å². The maximum atomic E-state index is 13.8. The van der Waals surface area contributed by atoms with Crippen LogP contribution in [0.15, 0.2) is 54.7 Å². The second-order valence-corrected chi connectivity index (χ2v) is 8.87. The van der Waals surface area contributed by atoms with E-state index in [-0.39, 0.29) is 23.2 Å². The molecule has 1 atom stereocenters. The zero-order valence-corrected chi connectivity index (χ0v) is 16.8. The average molecular weight is 409 g/mol. The molecule has 5 heteroatoms. The number of benzene rings is 2. The fourth-order valence-electron chi connectivity index (χ4n) is 4.95. The Balaban J connectivity index is 1.25. The molecular formula is C24H22ClFN2O. The van der Waals surface area contributed by atoms with Crippen molar-refractivity contribution < 1.29 is 9.18 Å². The number of nitrogens with zero attached hydrogens (tertiary/aromatic N) is 1. The molecular weight excluding hydrogens is 387 g/mol. The third kappa shape index (κ3) is 3.51. The first-order chi connectivity index (χ1) is 14.0. The van der Waals surface area contributed by atoms with Gasteiger partial charge < -0.3 is 5.32 Å². The summed E-state index contributed by atoms with van der Waals surface area (Å²) in [5.41, 5.74) is 2.93. The van der Waals surface area contributed by atoms with Crippen LogP contribution >= 0.6 is 11.6 Å². The Kier molecular flexibility index (Phi) is 4.54. The summed E-state index contributed by atoms with van der Waals surface area (Å²) in [4.78, 5) is 16.9. The van der Waals surface area contributed by atoms with Crippen LogP contribution in [0.1, 0.15) is 53.9 Å². The quantitative estimate of drug-likeness (QED) is 0.588. The molecule has 0 bridgehead atoms. The number of rotatable bonds is 3. The van der Waals surface area contributed by atoms with Crippen molar-refractivity contribution in [3.8, 4) is 0 Å². The standard InChI is InChI=1S/C24H22ClFN2O/c25-17-3-1-16(2-4-17)23(29)28-22-14-24(22)10-7-15(8-11-24)19-9-12-27-21-6-5-18(26)13-20(19)21/h1-6,9,12-13,15,22H,7-8,10-11,14H2,(H,28,29)/t15?,22-,24?/m1/s1. The maximum Gasteiger partial charge on any atom is 0.251 e. The van der Waals surface area contributed by atoms with E-state index in [4.69, 9.17) is 11.6 Å². The number of amides is 1. The van der Waals surface area contributed by atoms with Gasteiger partial charge in [0, 0.05) is 28.2 Å². The molecule has 1 amide bonds. The average Bonchev–Trinajstić information content (AvgIpc) is 3.39. The third-order valence-electron chi connectivity index (χ3n) is 6.76. The number of nitrogens with one attached hydrogen (secondary N) is 1. The van der Waals surface area contributed by atoms with E-state index in [0.29, 0.717) is 16.5 Å². The van der Waals surface area contributed by atoms with Gasteiger partial charge >= 0.3 is 0 Å². The number of hydrogen-bond acceptors (Lipinski definition) is 2. The minimum Gasteiger partial charge on any atom is -0.349 e. The lowest BCUT2D eigenvalue weighted by Gasteiger charge is -2.30. The smallest absolute Gasteiger partial charge is 0.251 e. The molecule has 3 aromatic rings. The Labute approximate surface area is 174 Å². The summed E-state index contributed by atoms with van der Waals surface area (Å²) in [6.07, 6.45) is 7.16. The fraction of sp³-hybridized carbons (Fsp3) is 0.333. The monoisotopic (exact) mass is 408 g/mol. The molecule has 2 fully saturated rings. The van der Waals surface area contributed by atoms with Gasteiger partial charge in [0.15, 0.2) is 0 Å². The van der Waals surface area contributed by atoms with Crippen LogP contribution in [0, 0.1) is 11.2 Å². The molecule has 2 aromatic carbocycles. The van der Waals surface area contributed by atoms with Gasteiger partial charge in [-0.3, -0.25) is 9.78 Å². The predicted octanol–water partition coefficient (Wildman–Crippen LogP) is 5.87. The van der Waals surface area contributed by atoms with Crippen LogP contribution < -0.4 is 5.32 Å². The lowest BCUT2D eigenvalue weighted by molar-refractivity contribution is 0.0941. The molecule has 2 aliphatic rings. The Hall–Kier alpha value is -2.46. The highest BCUT2D eigenvalue weighted by Gasteiger charge is 2.55. The highest BCUT2D eigenvalue weighted by atomic mass is 35.5. The maximum absolute atomic E-state index is 13.8. The van der Waals surface area contributed by atoms with Crippen molar-refractivity contribution in [3.63, 3.8) is 0 Å². The molecule has 0 saturated heterocycles. The van der Waals surface area contributed by atoms with Gasteiger partial charge in [-0.15, -0.1) is 0 Å². The number of carbonyl (C=O) groups is 1. The van der Waals surface area contributed by atoms with Crippen molar-refractivity contribution in [1.82, 2.24) is 10.3 Å². The van der Waals surface area contributed by atoms with E-state index in [9.17, 15) is 9.18 Å². The van der Waals surface area contributed by atoms with Gasteiger partial charge in [-0.25, -0.2) is 4.39 Å². The Bertz CT molecular complexity index is 1070. The predicted molar refractivity (Wildman–Crippen MR) is 113 cm³/mol. The molecule has 1 heterocycles. The van der Waals surface area contributed by atoms with E-state index in [1.165, 1.54) is 11.6 Å². The minimum absolute atomic E-state index is 0.0266. The number of aromatic nitrogens is 1. The zero-order chi connectivity index (χ0) is 20.0. The minimum atomic E-state index is -0.216. The Morgan fingerprint density at radius 1 is 1.10 bits per heavy atom. The molecule has 1 aromatic heterocycles. The number of pyridine rings is 1. The Morgan fingerprint density at radius 3 is 2.62 bits per heavy atom. The van der Waals surface area contributed by atoms with Crippen molar-refractivity contribution in [2.45, 2.75) is 44.1 Å². The molecule has 148 valence electrons. The van der Waals surface area contributed by atoms with Gasteiger partial charge in [0.2, 0.25) is 0 Å². The number of fused-ring (bicyclic) bond motifs is 1. The second-order valence-electron chi connectivity index (χ2n) is 8.44. The van der Waals surface area contributed by atoms with Gasteiger partial charge in [0.25, 0.3) is 5.91 Å². The molecule has 0 radical (unpaired) electrons. The molecule has 1 N–H and O–H groups in total. The van der Waals surface area contributed by atoms with E-state index < -0.39 is 0 Å². The summed E-state index contributed by atoms with van der Waals surface area (Å²) < 4.78 is 13.8. The SMILES string of the molecule is O=C(N[C@@H]1CC12CCC(c1ccnc3ccc(F)cc13)CC2)c1ccc(Cl)cc1. The zero-order valence-electron chi connectivity index (χ0n) is 16.0. The van der Waals surface area contributed by atoms with E-state index in [0.717, 1.165) is 43.0 Å². The summed E-state index contributed by atoms with van der Waals surface area (Å²) in [6.45, 7) is 0. The highest BCUT2D eigenvalue weighted by Crippen LogP contribution is 2.59. The normalized spacial score (nSPS) is 25.9. The first-order valence-corrected chi connectivity index (χ1v) is 10.5. The lowest BCUT2D eigenvalue weighted by Crippen LogP contribution is -2.31. The van der Waals surface area contributed by atoms with E-state index in [2.05, 4.69) is 10.3 Å². The molecule has 3 nitrogen and oxygen atoms in total. The van der Waals surface area contributed by atoms with Crippen LogP contribution in [-0.2, 0) is 0 Å². The molecule has 0 aliphatic heterocycles. The summed E-state index contributed by atoms with van der Waals surface area (Å²) in [7, 11) is 0. The van der Waals surface area contributed by atoms with Crippen LogP contribution in [0.5, 0.6) is 0 Å². The van der Waals surface area contributed by atoms with E-state index >= 15 is 0 Å². The summed E-state index contributed by atoms with van der Waals surface area (Å²) in [5, 5.41) is 4.76. The number of halogens is 2. The largest absolute Gasteiger partial charge is 0.349 e. The van der Waals surface area contributed by atoms with Crippen molar-refractivity contribution in [1.29, 1.82) is 0 Å². The van der Waals surface area contributed by atoms with Crippen LogP contribution in [0.25, 0.3) is 10.9 Å². The van der Waals surface area contributed by atoms with E-state index in [1.54, 1.807) is 36.4 Å². The summed E-state index contributed by atoms with van der Waals surface area (Å²) >= 11 is 5.90. The van der Waals surface area contributed by atoms with Gasteiger partial charge in [-0.05, 0) is 97.5 Å². The molecule has 2 saturated carbocycles. The topological polar surface area (TPSA) is 42.0 Å². The second kappa shape index (κ2) is 7.10. The van der Waals surface area contributed by atoms with Crippen LogP contribution in [-0.4, -0.2) is 16.9 Å². The van der Waals surface area contributed by atoms with Gasteiger partial charge in [-0.1, -0.05) is 11.6 Å². The molecule has 5 rings (SSSR count). The molecule has 2 aliphatic carbocycles. The fourth-order valence-corrected chi connectivity index (χ4v) is 5.07. The third-order valence-corrected chi connectivity index (χ3v) is 7.01. The number of carbonyl (C=O) groups excluding carboxylic acids is 1. The highest BCUT2D eigenvalue weighted by molar-refractivity contribution is 6.30. The summed E-state index contributed by atoms with van der Waals surface area (Å²) in [6, 6.07) is 14.1. The molecule has 1 spiro atoms. The molecule has 29 heavy (non-hydrogen) atoms. The van der Waals surface area contributed by atoms with Crippen molar-refractivity contribution in [2.75, 3.05) is 0 Å². The van der Waals surface area contributed by atoms with Gasteiger partial charge in [0.1, 0.15) is 5.82 Å². The van der Waals surface area contributed by atoms with Crippen LogP contribution in [0.3, 0.4) is 0 Å². The Morgan fingerprint density at radius 2 is 1.86 bits per heavy atom. The van der Waals surface area contributed by atoms with Crippen molar-refractivity contribution in [2.24, 2.45) is 5.41 Å². The first kappa shape index (κ1) is 18.6. The molecule has 0 unspecified atom stereocenters. The van der Waals surface area contributed by atoms with Gasteiger partial charge in [-0.2, -0.15) is 0 Å². The van der Waals surface area contributed by atoms with Gasteiger partial charge in [0.05, 0.1) is 5.52 Å². The van der Waals surface area contributed by atoms with Crippen LogP contribution in [0.4, 0.5) is 4.39 Å².